The van der Waals surface area contributed by atoms with E-state index in [0.717, 1.165) is 50.0 Å². The minimum atomic E-state index is -0.0545. The highest BCUT2D eigenvalue weighted by Gasteiger charge is 2.26. The fraction of sp³-hybridized carbons (Fsp3) is 0.412. The summed E-state index contributed by atoms with van der Waals surface area (Å²) in [5.74, 6) is -0.0545. The number of aromatic amines is 1. The molecule has 1 aliphatic heterocycles. The van der Waals surface area contributed by atoms with Gasteiger partial charge in [-0.25, -0.2) is 0 Å². The number of amides is 1. The van der Waals surface area contributed by atoms with Crippen LogP contribution >= 0.6 is 0 Å². The van der Waals surface area contributed by atoms with Gasteiger partial charge in [0.2, 0.25) is 0 Å². The van der Waals surface area contributed by atoms with Crippen molar-refractivity contribution in [1.29, 1.82) is 0 Å². The predicted octanol–water partition coefficient (Wildman–Crippen LogP) is 1.86. The molecule has 1 atom stereocenters. The molecule has 1 aromatic heterocycles. The number of aryl methyl sites for hydroxylation is 1. The van der Waals surface area contributed by atoms with Gasteiger partial charge in [-0.15, -0.1) is 0 Å². The highest BCUT2D eigenvalue weighted by atomic mass is 16.2. The number of carbonyl (C=O) groups is 1. The number of hydrogen-bond donors (Lipinski definition) is 3. The van der Waals surface area contributed by atoms with Gasteiger partial charge in [0, 0.05) is 12.1 Å². The zero-order valence-electron chi connectivity index (χ0n) is 12.5. The summed E-state index contributed by atoms with van der Waals surface area (Å²) in [6, 6.07) is 8.51. The van der Waals surface area contributed by atoms with Crippen LogP contribution in [0.15, 0.2) is 24.3 Å². The van der Waals surface area contributed by atoms with Gasteiger partial charge >= 0.3 is 0 Å². The van der Waals surface area contributed by atoms with Crippen molar-refractivity contribution in [3.63, 3.8) is 0 Å². The standard InChI is InChI=1S/C17H20N4O/c22-17(16-13-8-9-18-10-15(13)20-21-16)19-14-7-3-5-11-4-1-2-6-12(11)14/h1-2,4,6,14,18H,3,5,7-10H2,(H,19,22)(H,20,21). The average Bonchev–Trinajstić information content (AvgIpc) is 2.99. The second kappa shape index (κ2) is 5.57. The van der Waals surface area contributed by atoms with Crippen LogP contribution in [0.1, 0.15) is 51.8 Å². The van der Waals surface area contributed by atoms with Crippen molar-refractivity contribution in [3.8, 4) is 0 Å². The minimum Gasteiger partial charge on any atom is -0.344 e. The molecule has 3 N–H and O–H groups in total. The smallest absolute Gasteiger partial charge is 0.272 e. The summed E-state index contributed by atoms with van der Waals surface area (Å²) in [6.45, 7) is 1.67. The summed E-state index contributed by atoms with van der Waals surface area (Å²) in [7, 11) is 0. The molecular formula is C17H20N4O. The molecule has 1 aliphatic carbocycles. The number of aromatic nitrogens is 2. The number of nitrogens with one attached hydrogen (secondary N) is 3. The van der Waals surface area contributed by atoms with Crippen LogP contribution in [-0.2, 0) is 19.4 Å². The molecule has 2 aliphatic rings. The van der Waals surface area contributed by atoms with E-state index in [1.165, 1.54) is 11.1 Å². The van der Waals surface area contributed by atoms with Gasteiger partial charge in [0.1, 0.15) is 0 Å². The molecule has 5 nitrogen and oxygen atoms in total. The van der Waals surface area contributed by atoms with Gasteiger partial charge in [-0.2, -0.15) is 5.10 Å². The molecule has 2 heterocycles. The number of rotatable bonds is 2. The van der Waals surface area contributed by atoms with Crippen LogP contribution in [0.5, 0.6) is 0 Å². The highest BCUT2D eigenvalue weighted by molar-refractivity contribution is 5.94. The molecule has 1 unspecified atom stereocenters. The third-order valence-electron chi connectivity index (χ3n) is 4.70. The lowest BCUT2D eigenvalue weighted by molar-refractivity contribution is 0.0926. The van der Waals surface area contributed by atoms with Crippen LogP contribution in [0, 0.1) is 0 Å². The Balaban J connectivity index is 1.57. The fourth-order valence-electron chi connectivity index (χ4n) is 3.56. The first kappa shape index (κ1) is 13.5. The number of hydrogen-bond acceptors (Lipinski definition) is 3. The Bertz CT molecular complexity index is 706. The van der Waals surface area contributed by atoms with Gasteiger partial charge < -0.3 is 10.6 Å². The molecular weight excluding hydrogens is 276 g/mol. The third kappa shape index (κ3) is 2.31. The first-order chi connectivity index (χ1) is 10.8. The average molecular weight is 296 g/mol. The molecule has 2 aromatic rings. The van der Waals surface area contributed by atoms with Crippen molar-refractivity contribution in [2.45, 2.75) is 38.3 Å². The summed E-state index contributed by atoms with van der Waals surface area (Å²) < 4.78 is 0. The van der Waals surface area contributed by atoms with Crippen LogP contribution < -0.4 is 10.6 Å². The summed E-state index contributed by atoms with van der Waals surface area (Å²) in [5, 5.41) is 13.7. The Morgan fingerprint density at radius 2 is 2.18 bits per heavy atom. The second-order valence-electron chi connectivity index (χ2n) is 6.07. The lowest BCUT2D eigenvalue weighted by Gasteiger charge is -2.26. The van der Waals surface area contributed by atoms with E-state index in [4.69, 9.17) is 0 Å². The highest BCUT2D eigenvalue weighted by Crippen LogP contribution is 2.29. The Morgan fingerprint density at radius 1 is 1.27 bits per heavy atom. The number of carbonyl (C=O) groups excluding carboxylic acids is 1. The molecule has 0 bridgehead atoms. The van der Waals surface area contributed by atoms with Crippen molar-refractivity contribution in [1.82, 2.24) is 20.8 Å². The normalized spacial score (nSPS) is 20.1. The van der Waals surface area contributed by atoms with Crippen molar-refractivity contribution in [3.05, 3.63) is 52.3 Å². The summed E-state index contributed by atoms with van der Waals surface area (Å²) in [4.78, 5) is 12.6. The quantitative estimate of drug-likeness (QED) is 0.792. The molecule has 0 fully saturated rings. The van der Waals surface area contributed by atoms with E-state index < -0.39 is 0 Å². The van der Waals surface area contributed by atoms with Crippen LogP contribution in [0.3, 0.4) is 0 Å². The van der Waals surface area contributed by atoms with Crippen LogP contribution in [0.2, 0.25) is 0 Å². The van der Waals surface area contributed by atoms with Crippen molar-refractivity contribution < 1.29 is 4.79 Å². The maximum atomic E-state index is 12.6. The van der Waals surface area contributed by atoms with E-state index in [9.17, 15) is 4.79 Å². The van der Waals surface area contributed by atoms with Crippen LogP contribution in [0.25, 0.3) is 0 Å². The minimum absolute atomic E-state index is 0.0545. The second-order valence-corrected chi connectivity index (χ2v) is 6.07. The Kier molecular flexibility index (Phi) is 3.42. The summed E-state index contributed by atoms with van der Waals surface area (Å²) >= 11 is 0. The largest absolute Gasteiger partial charge is 0.344 e. The summed E-state index contributed by atoms with van der Waals surface area (Å²) in [6.07, 6.45) is 4.07. The summed E-state index contributed by atoms with van der Waals surface area (Å²) in [5.41, 5.74) is 5.29. The Hall–Kier alpha value is -2.14. The number of benzene rings is 1. The van der Waals surface area contributed by atoms with Gasteiger partial charge in [-0.05, 0) is 43.4 Å². The zero-order valence-corrected chi connectivity index (χ0v) is 12.5. The van der Waals surface area contributed by atoms with Crippen molar-refractivity contribution in [2.24, 2.45) is 0 Å². The van der Waals surface area contributed by atoms with Gasteiger partial charge in [-0.1, -0.05) is 24.3 Å². The molecule has 1 amide bonds. The first-order valence-electron chi connectivity index (χ1n) is 7.98. The van der Waals surface area contributed by atoms with Crippen molar-refractivity contribution >= 4 is 5.91 Å². The Labute approximate surface area is 129 Å². The third-order valence-corrected chi connectivity index (χ3v) is 4.70. The molecule has 1 aromatic carbocycles. The molecule has 5 heteroatoms. The predicted molar refractivity (Wildman–Crippen MR) is 83.6 cm³/mol. The molecule has 0 spiro atoms. The first-order valence-corrected chi connectivity index (χ1v) is 7.98. The fourth-order valence-corrected chi connectivity index (χ4v) is 3.56. The monoisotopic (exact) mass is 296 g/mol. The molecule has 0 saturated heterocycles. The van der Waals surface area contributed by atoms with E-state index in [-0.39, 0.29) is 11.9 Å². The zero-order chi connectivity index (χ0) is 14.9. The molecule has 22 heavy (non-hydrogen) atoms. The van der Waals surface area contributed by atoms with E-state index in [1.54, 1.807) is 0 Å². The molecule has 0 radical (unpaired) electrons. The molecule has 4 rings (SSSR count). The number of H-pyrrole nitrogens is 1. The van der Waals surface area contributed by atoms with E-state index in [1.807, 2.05) is 6.07 Å². The number of nitrogens with zero attached hydrogens (tertiary/aromatic N) is 1. The molecule has 0 saturated carbocycles. The lowest BCUT2D eigenvalue weighted by Crippen LogP contribution is -2.32. The van der Waals surface area contributed by atoms with E-state index in [2.05, 4.69) is 39.0 Å². The van der Waals surface area contributed by atoms with Gasteiger partial charge in [0.25, 0.3) is 5.91 Å². The van der Waals surface area contributed by atoms with E-state index >= 15 is 0 Å². The van der Waals surface area contributed by atoms with Crippen LogP contribution in [-0.4, -0.2) is 22.6 Å². The van der Waals surface area contributed by atoms with Crippen molar-refractivity contribution in [2.75, 3.05) is 6.54 Å². The van der Waals surface area contributed by atoms with Gasteiger partial charge in [0.05, 0.1) is 11.7 Å². The number of fused-ring (bicyclic) bond motifs is 2. The van der Waals surface area contributed by atoms with E-state index in [0.29, 0.717) is 5.69 Å². The van der Waals surface area contributed by atoms with Crippen LogP contribution in [0.4, 0.5) is 0 Å². The topological polar surface area (TPSA) is 69.8 Å². The maximum absolute atomic E-state index is 12.6. The maximum Gasteiger partial charge on any atom is 0.272 e. The van der Waals surface area contributed by atoms with Gasteiger partial charge in [-0.3, -0.25) is 9.89 Å². The van der Waals surface area contributed by atoms with Gasteiger partial charge in [0.15, 0.2) is 5.69 Å². The SMILES string of the molecule is O=C(NC1CCCc2ccccc21)c1n[nH]c2c1CCNC2. The lowest BCUT2D eigenvalue weighted by atomic mass is 9.87. The Morgan fingerprint density at radius 3 is 3.14 bits per heavy atom. The molecule has 114 valence electrons.